The number of hydrogen-bond acceptors (Lipinski definition) is 4. The zero-order valence-corrected chi connectivity index (χ0v) is 17.3. The highest BCUT2D eigenvalue weighted by Crippen LogP contribution is 2.20. The fourth-order valence-corrected chi connectivity index (χ4v) is 2.66. The molecule has 0 heterocycles. The van der Waals surface area contributed by atoms with Crippen LogP contribution in [0.2, 0.25) is 0 Å². The van der Waals surface area contributed by atoms with E-state index in [1.54, 1.807) is 7.11 Å². The molecule has 0 bridgehead atoms. The predicted molar refractivity (Wildman–Crippen MR) is 120 cm³/mol. The normalized spacial score (nSPS) is 12.6. The van der Waals surface area contributed by atoms with Crippen LogP contribution in [0, 0.1) is 0 Å². The minimum absolute atomic E-state index is 0.362. The predicted octanol–water partition coefficient (Wildman–Crippen LogP) is 6.30. The summed E-state index contributed by atoms with van der Waals surface area (Å²) < 4.78 is 11.6. The molecule has 0 unspecified atom stereocenters. The lowest BCUT2D eigenvalue weighted by Crippen LogP contribution is -2.24. The van der Waals surface area contributed by atoms with E-state index >= 15 is 0 Å². The summed E-state index contributed by atoms with van der Waals surface area (Å²) in [6.07, 6.45) is 0. The fourth-order valence-electron chi connectivity index (χ4n) is 2.66. The average molecular weight is 386 g/mol. The molecule has 4 heteroatoms. The summed E-state index contributed by atoms with van der Waals surface area (Å²) in [5, 5.41) is 0. The highest BCUT2D eigenvalue weighted by atomic mass is 16.5. The molecule has 148 valence electrons. The number of rotatable bonds is 4. The van der Waals surface area contributed by atoms with Gasteiger partial charge in [-0.2, -0.15) is 0 Å². The van der Waals surface area contributed by atoms with Gasteiger partial charge in [-0.05, 0) is 69.3 Å². The Kier molecular flexibility index (Phi) is 6.45. The van der Waals surface area contributed by atoms with Crippen LogP contribution in [0.5, 0.6) is 0 Å². The number of ether oxygens (including phenoxy) is 2. The Bertz CT molecular complexity index is 971. The second kappa shape index (κ2) is 9.20. The first-order valence-corrected chi connectivity index (χ1v) is 9.56. The molecule has 0 radical (unpaired) electrons. The lowest BCUT2D eigenvalue weighted by Gasteiger charge is -2.22. The van der Waals surface area contributed by atoms with E-state index in [0.717, 1.165) is 22.5 Å². The summed E-state index contributed by atoms with van der Waals surface area (Å²) in [5.74, 6) is 1.13. The summed E-state index contributed by atoms with van der Waals surface area (Å²) in [6.45, 7) is 6.03. The zero-order chi connectivity index (χ0) is 20.7. The van der Waals surface area contributed by atoms with Gasteiger partial charge < -0.3 is 9.47 Å². The van der Waals surface area contributed by atoms with E-state index in [1.807, 2.05) is 106 Å². The maximum Gasteiger partial charge on any atom is 0.221 e. The van der Waals surface area contributed by atoms with Gasteiger partial charge in [-0.3, -0.25) is 0 Å². The summed E-state index contributed by atoms with van der Waals surface area (Å²) >= 11 is 0. The molecule has 0 amide bonds. The molecule has 0 saturated carbocycles. The Morgan fingerprint density at radius 1 is 0.621 bits per heavy atom. The minimum Gasteiger partial charge on any atom is -0.481 e. The minimum atomic E-state index is -0.362. The Balaban J connectivity index is 1.93. The van der Waals surface area contributed by atoms with Gasteiger partial charge in [0.25, 0.3) is 0 Å². The molecule has 0 atom stereocenters. The van der Waals surface area contributed by atoms with Gasteiger partial charge in [-0.15, -0.1) is 0 Å². The standard InChI is InChI=1S/C25H26N2O2/c1-25(2,3)29-24(27-22-13-9-6-10-14-22)20-17-15-19(16-18-20)23(28-4)26-21-11-7-5-8-12-21/h5-18H,1-4H3. The summed E-state index contributed by atoms with van der Waals surface area (Å²) in [6, 6.07) is 27.4. The molecule has 0 N–H and O–H groups in total. The Hall–Kier alpha value is -3.40. The third kappa shape index (κ3) is 6.04. The number of methoxy groups -OCH3 is 1. The van der Waals surface area contributed by atoms with Crippen LogP contribution >= 0.6 is 0 Å². The Labute approximate surface area is 172 Å². The Morgan fingerprint density at radius 3 is 1.45 bits per heavy atom. The van der Waals surface area contributed by atoms with Gasteiger partial charge >= 0.3 is 0 Å². The summed E-state index contributed by atoms with van der Waals surface area (Å²) in [4.78, 5) is 9.29. The maximum absolute atomic E-state index is 6.14. The van der Waals surface area contributed by atoms with E-state index in [0.29, 0.717) is 11.8 Å². The molecule has 3 aromatic rings. The molecule has 3 aromatic carbocycles. The van der Waals surface area contributed by atoms with E-state index < -0.39 is 0 Å². The molecule has 0 aromatic heterocycles. The van der Waals surface area contributed by atoms with Crippen LogP contribution in [-0.2, 0) is 9.47 Å². The highest BCUT2D eigenvalue weighted by molar-refractivity contribution is 5.99. The van der Waals surface area contributed by atoms with Crippen molar-refractivity contribution in [3.8, 4) is 0 Å². The molecule has 29 heavy (non-hydrogen) atoms. The molecule has 0 aliphatic carbocycles. The second-order valence-electron chi connectivity index (χ2n) is 7.50. The van der Waals surface area contributed by atoms with E-state index in [2.05, 4.69) is 4.99 Å². The number of hydrogen-bond donors (Lipinski definition) is 0. The van der Waals surface area contributed by atoms with Crippen LogP contribution in [0.1, 0.15) is 31.9 Å². The van der Waals surface area contributed by atoms with Crippen molar-refractivity contribution in [2.24, 2.45) is 9.98 Å². The SMILES string of the molecule is COC(=Nc1ccccc1)c1ccc(C(=Nc2ccccc2)OC(C)(C)C)cc1. The molecule has 0 aliphatic heterocycles. The van der Waals surface area contributed by atoms with Gasteiger partial charge in [0.05, 0.1) is 18.5 Å². The van der Waals surface area contributed by atoms with E-state index in [-0.39, 0.29) is 5.60 Å². The van der Waals surface area contributed by atoms with Gasteiger partial charge in [0.2, 0.25) is 11.8 Å². The van der Waals surface area contributed by atoms with Crippen LogP contribution in [-0.4, -0.2) is 24.5 Å². The molecule has 0 saturated heterocycles. The Morgan fingerprint density at radius 2 is 1.03 bits per heavy atom. The molecular weight excluding hydrogens is 360 g/mol. The molecule has 0 spiro atoms. The van der Waals surface area contributed by atoms with Crippen LogP contribution in [0.25, 0.3) is 0 Å². The van der Waals surface area contributed by atoms with Gasteiger partial charge in [0.15, 0.2) is 0 Å². The van der Waals surface area contributed by atoms with E-state index in [9.17, 15) is 0 Å². The van der Waals surface area contributed by atoms with Crippen molar-refractivity contribution in [2.75, 3.05) is 7.11 Å². The smallest absolute Gasteiger partial charge is 0.221 e. The number of nitrogens with zero attached hydrogens (tertiary/aromatic N) is 2. The van der Waals surface area contributed by atoms with Crippen LogP contribution in [0.3, 0.4) is 0 Å². The van der Waals surface area contributed by atoms with Gasteiger partial charge in [-0.25, -0.2) is 9.98 Å². The van der Waals surface area contributed by atoms with Gasteiger partial charge in [-0.1, -0.05) is 36.4 Å². The number of benzene rings is 3. The quantitative estimate of drug-likeness (QED) is 0.390. The monoisotopic (exact) mass is 386 g/mol. The van der Waals surface area contributed by atoms with Crippen molar-refractivity contribution in [3.63, 3.8) is 0 Å². The zero-order valence-electron chi connectivity index (χ0n) is 17.3. The first kappa shape index (κ1) is 20.3. The van der Waals surface area contributed by atoms with Gasteiger partial charge in [0, 0.05) is 11.1 Å². The lowest BCUT2D eigenvalue weighted by atomic mass is 10.1. The highest BCUT2D eigenvalue weighted by Gasteiger charge is 2.17. The second-order valence-corrected chi connectivity index (χ2v) is 7.50. The number of aliphatic imine (C=N–C) groups is 2. The van der Waals surface area contributed by atoms with Crippen LogP contribution in [0.15, 0.2) is 94.9 Å². The average Bonchev–Trinajstić information content (AvgIpc) is 2.72. The summed E-state index contributed by atoms with van der Waals surface area (Å²) in [7, 11) is 1.63. The van der Waals surface area contributed by atoms with Crippen molar-refractivity contribution >= 4 is 23.2 Å². The largest absolute Gasteiger partial charge is 0.481 e. The van der Waals surface area contributed by atoms with Crippen LogP contribution in [0.4, 0.5) is 11.4 Å². The number of para-hydroxylation sites is 2. The molecular formula is C25H26N2O2. The maximum atomic E-state index is 6.14. The summed E-state index contributed by atoms with van der Waals surface area (Å²) in [5.41, 5.74) is 3.10. The van der Waals surface area contributed by atoms with E-state index in [1.165, 1.54) is 0 Å². The molecule has 3 rings (SSSR count). The molecule has 0 fully saturated rings. The van der Waals surface area contributed by atoms with Crippen molar-refractivity contribution in [1.29, 1.82) is 0 Å². The molecule has 0 aliphatic rings. The van der Waals surface area contributed by atoms with E-state index in [4.69, 9.17) is 14.5 Å². The lowest BCUT2D eigenvalue weighted by molar-refractivity contribution is 0.118. The fraction of sp³-hybridized carbons (Fsp3) is 0.200. The topological polar surface area (TPSA) is 43.2 Å². The van der Waals surface area contributed by atoms with Crippen LogP contribution < -0.4 is 0 Å². The molecule has 4 nitrogen and oxygen atoms in total. The third-order valence-electron chi connectivity index (χ3n) is 3.95. The third-order valence-corrected chi connectivity index (χ3v) is 3.95. The first-order chi connectivity index (χ1) is 13.9. The van der Waals surface area contributed by atoms with Crippen molar-refractivity contribution in [3.05, 3.63) is 96.1 Å². The van der Waals surface area contributed by atoms with Gasteiger partial charge in [0.1, 0.15) is 5.60 Å². The first-order valence-electron chi connectivity index (χ1n) is 9.56. The van der Waals surface area contributed by atoms with Crippen molar-refractivity contribution < 1.29 is 9.47 Å². The van der Waals surface area contributed by atoms with Crippen molar-refractivity contribution in [1.82, 2.24) is 0 Å². The van der Waals surface area contributed by atoms with Crippen molar-refractivity contribution in [2.45, 2.75) is 26.4 Å².